The fourth-order valence-electron chi connectivity index (χ4n) is 1.92. The molecule has 8 nitrogen and oxygen atoms in total. The first-order valence-electron chi connectivity index (χ1n) is 6.19. The van der Waals surface area contributed by atoms with Crippen LogP contribution in [0.15, 0.2) is 27.8 Å². The molecule has 0 amide bonds. The summed E-state index contributed by atoms with van der Waals surface area (Å²) in [6, 6.07) is 4.04. The highest BCUT2D eigenvalue weighted by Gasteiger charge is 2.12. The first-order valence-corrected chi connectivity index (χ1v) is 6.19. The van der Waals surface area contributed by atoms with Crippen LogP contribution in [0.4, 0.5) is 4.39 Å². The van der Waals surface area contributed by atoms with E-state index in [-0.39, 0.29) is 22.7 Å². The first kappa shape index (κ1) is 13.9. The van der Waals surface area contributed by atoms with E-state index in [1.807, 2.05) is 0 Å². The van der Waals surface area contributed by atoms with Crippen molar-refractivity contribution in [1.29, 1.82) is 0 Å². The number of rotatable bonds is 2. The zero-order valence-corrected chi connectivity index (χ0v) is 11.6. The average Bonchev–Trinajstić information content (AvgIpc) is 2.53. The lowest BCUT2D eigenvalue weighted by Gasteiger charge is -2.05. The van der Waals surface area contributed by atoms with Gasteiger partial charge in [-0.15, -0.1) is 10.2 Å². The standard InChI is InChI=1S/C13H10FN5O3/c1-19-12(20)9-11(16-13(19)21)18-17-10(15-9)6-3-4-7(14)8(5-6)22-2/h3-5H,1-2H3,(H,16,18,21). The summed E-state index contributed by atoms with van der Waals surface area (Å²) in [5, 5.41) is 7.62. The van der Waals surface area contributed by atoms with Crippen LogP contribution in [-0.2, 0) is 7.05 Å². The molecule has 0 aliphatic rings. The van der Waals surface area contributed by atoms with Gasteiger partial charge in [-0.1, -0.05) is 0 Å². The van der Waals surface area contributed by atoms with Crippen LogP contribution in [0.5, 0.6) is 5.75 Å². The molecule has 9 heteroatoms. The van der Waals surface area contributed by atoms with Gasteiger partial charge in [-0.2, -0.15) is 0 Å². The number of ether oxygens (including phenoxy) is 1. The van der Waals surface area contributed by atoms with Crippen molar-refractivity contribution in [3.63, 3.8) is 0 Å². The third-order valence-corrected chi connectivity index (χ3v) is 3.13. The van der Waals surface area contributed by atoms with Gasteiger partial charge in [0, 0.05) is 12.6 Å². The van der Waals surface area contributed by atoms with E-state index in [1.165, 1.54) is 32.4 Å². The number of fused-ring (bicyclic) bond motifs is 1. The average molecular weight is 303 g/mol. The summed E-state index contributed by atoms with van der Waals surface area (Å²) in [5.74, 6) is -0.384. The van der Waals surface area contributed by atoms with Crippen LogP contribution in [-0.4, -0.2) is 31.8 Å². The van der Waals surface area contributed by atoms with Gasteiger partial charge in [0.05, 0.1) is 7.11 Å². The summed E-state index contributed by atoms with van der Waals surface area (Å²) in [7, 11) is 2.66. The zero-order valence-electron chi connectivity index (χ0n) is 11.6. The van der Waals surface area contributed by atoms with Gasteiger partial charge in [-0.05, 0) is 18.2 Å². The van der Waals surface area contributed by atoms with E-state index in [9.17, 15) is 14.0 Å². The van der Waals surface area contributed by atoms with Crippen molar-refractivity contribution < 1.29 is 9.13 Å². The Kier molecular flexibility index (Phi) is 3.17. The van der Waals surface area contributed by atoms with E-state index in [0.717, 1.165) is 4.57 Å². The van der Waals surface area contributed by atoms with Crippen LogP contribution in [0.1, 0.15) is 0 Å². The molecule has 0 aliphatic heterocycles. The summed E-state index contributed by atoms with van der Waals surface area (Å²) in [5.41, 5.74) is -0.809. The summed E-state index contributed by atoms with van der Waals surface area (Å²) >= 11 is 0. The molecule has 1 N–H and O–H groups in total. The fraction of sp³-hybridized carbons (Fsp3) is 0.154. The molecule has 0 bridgehead atoms. The SMILES string of the molecule is COc1cc(-c2nnc3[nH]c(=O)n(C)c(=O)c3n2)ccc1F. The quantitative estimate of drug-likeness (QED) is 0.727. The Balaban J connectivity index is 2.25. The van der Waals surface area contributed by atoms with Crippen molar-refractivity contribution in [1.82, 2.24) is 24.7 Å². The number of benzene rings is 1. The third kappa shape index (κ3) is 2.12. The Morgan fingerprint density at radius 3 is 2.77 bits per heavy atom. The van der Waals surface area contributed by atoms with E-state index < -0.39 is 17.1 Å². The van der Waals surface area contributed by atoms with Crippen molar-refractivity contribution >= 4 is 11.2 Å². The van der Waals surface area contributed by atoms with Gasteiger partial charge in [-0.25, -0.2) is 14.2 Å². The Morgan fingerprint density at radius 2 is 2.05 bits per heavy atom. The molecule has 0 atom stereocenters. The topological polar surface area (TPSA) is 103 Å². The molecule has 112 valence electrons. The minimum Gasteiger partial charge on any atom is -0.494 e. The minimum atomic E-state index is -0.607. The van der Waals surface area contributed by atoms with Crippen LogP contribution in [0.3, 0.4) is 0 Å². The number of hydrogen-bond acceptors (Lipinski definition) is 6. The second-order valence-electron chi connectivity index (χ2n) is 4.48. The lowest BCUT2D eigenvalue weighted by atomic mass is 10.2. The molecule has 1 aromatic carbocycles. The number of H-pyrrole nitrogens is 1. The molecule has 0 aliphatic carbocycles. The van der Waals surface area contributed by atoms with E-state index in [1.54, 1.807) is 0 Å². The fourth-order valence-corrected chi connectivity index (χ4v) is 1.92. The van der Waals surface area contributed by atoms with Crippen molar-refractivity contribution in [3.8, 4) is 17.1 Å². The van der Waals surface area contributed by atoms with Gasteiger partial charge in [0.1, 0.15) is 0 Å². The molecule has 0 saturated heterocycles. The van der Waals surface area contributed by atoms with E-state index in [4.69, 9.17) is 4.74 Å². The maximum absolute atomic E-state index is 13.4. The van der Waals surface area contributed by atoms with Gasteiger partial charge < -0.3 is 4.74 Å². The van der Waals surface area contributed by atoms with Crippen LogP contribution < -0.4 is 16.0 Å². The smallest absolute Gasteiger partial charge is 0.329 e. The highest BCUT2D eigenvalue weighted by atomic mass is 19.1. The molecule has 0 fully saturated rings. The Labute approximate surface area is 122 Å². The van der Waals surface area contributed by atoms with Crippen molar-refractivity contribution in [2.75, 3.05) is 7.11 Å². The summed E-state index contributed by atoms with van der Waals surface area (Å²) < 4.78 is 19.2. The molecule has 22 heavy (non-hydrogen) atoms. The first-order chi connectivity index (χ1) is 10.5. The number of methoxy groups -OCH3 is 1. The summed E-state index contributed by atoms with van der Waals surface area (Å²) in [6.07, 6.45) is 0. The molecular weight excluding hydrogens is 293 g/mol. The molecule has 0 spiro atoms. The molecule has 2 heterocycles. The predicted octanol–water partition coefficient (Wildman–Crippen LogP) is 0.226. The number of halogens is 1. The van der Waals surface area contributed by atoms with E-state index >= 15 is 0 Å². The van der Waals surface area contributed by atoms with Crippen LogP contribution in [0.25, 0.3) is 22.6 Å². The second-order valence-corrected chi connectivity index (χ2v) is 4.48. The van der Waals surface area contributed by atoms with Crippen molar-refractivity contribution in [2.45, 2.75) is 0 Å². The number of nitrogens with zero attached hydrogens (tertiary/aromatic N) is 4. The van der Waals surface area contributed by atoms with Gasteiger partial charge in [0.15, 0.2) is 28.6 Å². The van der Waals surface area contributed by atoms with E-state index in [0.29, 0.717) is 5.56 Å². The van der Waals surface area contributed by atoms with Gasteiger partial charge in [0.25, 0.3) is 5.56 Å². The van der Waals surface area contributed by atoms with Crippen molar-refractivity contribution in [3.05, 3.63) is 44.9 Å². The predicted molar refractivity (Wildman–Crippen MR) is 75.1 cm³/mol. The number of hydrogen-bond donors (Lipinski definition) is 1. The van der Waals surface area contributed by atoms with Crippen molar-refractivity contribution in [2.24, 2.45) is 7.05 Å². The molecule has 3 rings (SSSR count). The molecular formula is C13H10FN5O3. The Hall–Kier alpha value is -3.10. The molecule has 2 aromatic heterocycles. The van der Waals surface area contributed by atoms with Crippen LogP contribution in [0, 0.1) is 5.82 Å². The van der Waals surface area contributed by atoms with Crippen LogP contribution >= 0.6 is 0 Å². The maximum Gasteiger partial charge on any atom is 0.329 e. The minimum absolute atomic E-state index is 0.00840. The summed E-state index contributed by atoms with van der Waals surface area (Å²) in [4.78, 5) is 30.0. The lowest BCUT2D eigenvalue weighted by molar-refractivity contribution is 0.386. The van der Waals surface area contributed by atoms with E-state index in [2.05, 4.69) is 20.2 Å². The summed E-state index contributed by atoms with van der Waals surface area (Å²) in [6.45, 7) is 0. The van der Waals surface area contributed by atoms with Gasteiger partial charge in [-0.3, -0.25) is 14.3 Å². The zero-order chi connectivity index (χ0) is 15.9. The monoisotopic (exact) mass is 303 g/mol. The Morgan fingerprint density at radius 1 is 1.27 bits per heavy atom. The second kappa shape index (κ2) is 5.02. The largest absolute Gasteiger partial charge is 0.494 e. The molecule has 0 unspecified atom stereocenters. The molecule has 0 radical (unpaired) electrons. The van der Waals surface area contributed by atoms with Crippen LogP contribution in [0.2, 0.25) is 0 Å². The molecule has 0 saturated carbocycles. The van der Waals surface area contributed by atoms with Gasteiger partial charge in [0.2, 0.25) is 0 Å². The maximum atomic E-state index is 13.4. The highest BCUT2D eigenvalue weighted by molar-refractivity contribution is 5.70. The third-order valence-electron chi connectivity index (χ3n) is 3.13. The normalized spacial score (nSPS) is 10.9. The number of nitrogens with one attached hydrogen (secondary N) is 1. The Bertz CT molecular complexity index is 995. The number of aromatic nitrogens is 5. The molecule has 3 aromatic rings. The number of aromatic amines is 1. The lowest BCUT2D eigenvalue weighted by Crippen LogP contribution is -2.33. The highest BCUT2D eigenvalue weighted by Crippen LogP contribution is 2.23. The van der Waals surface area contributed by atoms with Gasteiger partial charge >= 0.3 is 5.69 Å².